The summed E-state index contributed by atoms with van der Waals surface area (Å²) in [7, 11) is 0. The Balaban J connectivity index is 1.76. The van der Waals surface area contributed by atoms with E-state index in [2.05, 4.69) is 5.32 Å². The highest BCUT2D eigenvalue weighted by molar-refractivity contribution is 6.30. The van der Waals surface area contributed by atoms with Gasteiger partial charge in [-0.1, -0.05) is 23.7 Å². The maximum Gasteiger partial charge on any atom is 0.255 e. The molecule has 0 saturated heterocycles. The summed E-state index contributed by atoms with van der Waals surface area (Å²) in [5.74, 6) is 0.968. The largest absolute Gasteiger partial charge is 0.467 e. The summed E-state index contributed by atoms with van der Waals surface area (Å²) in [6.07, 6.45) is 3.71. The Morgan fingerprint density at radius 2 is 2.10 bits per heavy atom. The number of hydrogen-bond donors (Lipinski definition) is 2. The lowest BCUT2D eigenvalue weighted by atomic mass is 10.0. The first-order valence-corrected chi connectivity index (χ1v) is 7.39. The number of nitrogens with two attached hydrogens (primary N) is 1. The standard InChI is InChI=1S/C16H17ClN2O2/c17-13-5-3-11(4-6-13)15(10-1-2-10)19-16(20)12-7-14(8-18)21-9-12/h3-7,9-10,15H,1-2,8,18H2,(H,19,20). The number of nitrogens with one attached hydrogen (secondary N) is 1. The zero-order valence-electron chi connectivity index (χ0n) is 11.5. The fourth-order valence-corrected chi connectivity index (χ4v) is 2.53. The molecule has 1 saturated carbocycles. The molecule has 3 N–H and O–H groups in total. The molecular formula is C16H17ClN2O2. The van der Waals surface area contributed by atoms with E-state index in [4.69, 9.17) is 21.8 Å². The fraction of sp³-hybridized carbons (Fsp3) is 0.312. The highest BCUT2D eigenvalue weighted by atomic mass is 35.5. The van der Waals surface area contributed by atoms with Gasteiger partial charge in [0.15, 0.2) is 0 Å². The van der Waals surface area contributed by atoms with Gasteiger partial charge in [0.1, 0.15) is 12.0 Å². The van der Waals surface area contributed by atoms with Crippen molar-refractivity contribution < 1.29 is 9.21 Å². The van der Waals surface area contributed by atoms with Gasteiger partial charge in [-0.15, -0.1) is 0 Å². The molecule has 1 amide bonds. The molecule has 2 aromatic rings. The average Bonchev–Trinajstić information content (AvgIpc) is 3.22. The molecule has 5 heteroatoms. The Hall–Kier alpha value is -1.78. The van der Waals surface area contributed by atoms with Gasteiger partial charge >= 0.3 is 0 Å². The molecule has 1 heterocycles. The van der Waals surface area contributed by atoms with E-state index >= 15 is 0 Å². The first kappa shape index (κ1) is 14.2. The van der Waals surface area contributed by atoms with Crippen LogP contribution in [0.25, 0.3) is 0 Å². The number of hydrogen-bond acceptors (Lipinski definition) is 3. The van der Waals surface area contributed by atoms with Gasteiger partial charge in [0.25, 0.3) is 5.91 Å². The van der Waals surface area contributed by atoms with Gasteiger partial charge in [0.05, 0.1) is 18.2 Å². The second-order valence-electron chi connectivity index (χ2n) is 5.35. The van der Waals surface area contributed by atoms with Gasteiger partial charge in [0.2, 0.25) is 0 Å². The normalized spacial score (nSPS) is 15.7. The molecule has 3 rings (SSSR count). The third-order valence-corrected chi connectivity index (χ3v) is 3.98. The molecule has 1 aliphatic carbocycles. The van der Waals surface area contributed by atoms with Crippen LogP contribution < -0.4 is 11.1 Å². The van der Waals surface area contributed by atoms with Gasteiger partial charge in [-0.05, 0) is 42.5 Å². The predicted molar refractivity (Wildman–Crippen MR) is 81.0 cm³/mol. The number of carbonyl (C=O) groups is 1. The summed E-state index contributed by atoms with van der Waals surface area (Å²) in [6, 6.07) is 9.33. The van der Waals surface area contributed by atoms with Crippen molar-refractivity contribution in [2.75, 3.05) is 0 Å². The molecule has 1 aromatic heterocycles. The Bertz CT molecular complexity index is 632. The predicted octanol–water partition coefficient (Wildman–Crippen LogP) is 3.27. The average molecular weight is 305 g/mol. The minimum atomic E-state index is -0.134. The van der Waals surface area contributed by atoms with Crippen LogP contribution in [-0.2, 0) is 6.54 Å². The van der Waals surface area contributed by atoms with Crippen LogP contribution in [0.4, 0.5) is 0 Å². The summed E-state index contributed by atoms with van der Waals surface area (Å²) in [6.45, 7) is 0.288. The van der Waals surface area contributed by atoms with Gasteiger partial charge in [-0.2, -0.15) is 0 Å². The van der Waals surface area contributed by atoms with Crippen LogP contribution in [0.5, 0.6) is 0 Å². The first-order chi connectivity index (χ1) is 10.2. The smallest absolute Gasteiger partial charge is 0.255 e. The summed E-state index contributed by atoms with van der Waals surface area (Å²) in [5.41, 5.74) is 7.08. The topological polar surface area (TPSA) is 68.3 Å². The van der Waals surface area contributed by atoms with Crippen molar-refractivity contribution in [1.82, 2.24) is 5.32 Å². The zero-order valence-corrected chi connectivity index (χ0v) is 12.3. The van der Waals surface area contributed by atoms with E-state index in [-0.39, 0.29) is 18.5 Å². The molecule has 0 spiro atoms. The van der Waals surface area contributed by atoms with Gasteiger partial charge < -0.3 is 15.5 Å². The summed E-state index contributed by atoms with van der Waals surface area (Å²) in [5, 5.41) is 3.78. The number of benzene rings is 1. The zero-order chi connectivity index (χ0) is 14.8. The second kappa shape index (κ2) is 5.92. The Morgan fingerprint density at radius 1 is 1.38 bits per heavy atom. The SMILES string of the molecule is NCc1cc(C(=O)NC(c2ccc(Cl)cc2)C2CC2)co1. The van der Waals surface area contributed by atoms with Crippen molar-refractivity contribution in [3.63, 3.8) is 0 Å². The van der Waals surface area contributed by atoms with Crippen LogP contribution in [0.15, 0.2) is 41.0 Å². The van der Waals surface area contributed by atoms with Crippen LogP contribution in [-0.4, -0.2) is 5.91 Å². The van der Waals surface area contributed by atoms with Crippen LogP contribution in [0.1, 0.15) is 40.6 Å². The van der Waals surface area contributed by atoms with Gasteiger partial charge in [-0.25, -0.2) is 0 Å². The van der Waals surface area contributed by atoms with E-state index in [0.717, 1.165) is 18.4 Å². The van der Waals surface area contributed by atoms with Gasteiger partial charge in [0, 0.05) is 5.02 Å². The van der Waals surface area contributed by atoms with Gasteiger partial charge in [-0.3, -0.25) is 4.79 Å². The molecule has 0 aliphatic heterocycles. The van der Waals surface area contributed by atoms with E-state index in [1.807, 2.05) is 24.3 Å². The quantitative estimate of drug-likeness (QED) is 0.890. The number of furan rings is 1. The molecule has 4 nitrogen and oxygen atoms in total. The van der Waals surface area contributed by atoms with Crippen LogP contribution in [0.2, 0.25) is 5.02 Å². The molecular weight excluding hydrogens is 288 g/mol. The van der Waals surface area contributed by atoms with Crippen molar-refractivity contribution in [3.05, 3.63) is 58.5 Å². The summed E-state index contributed by atoms with van der Waals surface area (Å²) < 4.78 is 5.21. The maximum atomic E-state index is 12.3. The van der Waals surface area contributed by atoms with E-state index in [1.165, 1.54) is 6.26 Å². The van der Waals surface area contributed by atoms with E-state index < -0.39 is 0 Å². The van der Waals surface area contributed by atoms with E-state index in [1.54, 1.807) is 6.07 Å². The highest BCUT2D eigenvalue weighted by Crippen LogP contribution is 2.41. The lowest BCUT2D eigenvalue weighted by Crippen LogP contribution is -2.29. The number of carbonyl (C=O) groups excluding carboxylic acids is 1. The van der Waals surface area contributed by atoms with Crippen LogP contribution >= 0.6 is 11.6 Å². The Labute approximate surface area is 128 Å². The lowest BCUT2D eigenvalue weighted by Gasteiger charge is -2.18. The van der Waals surface area contributed by atoms with Crippen molar-refractivity contribution in [1.29, 1.82) is 0 Å². The van der Waals surface area contributed by atoms with E-state index in [0.29, 0.717) is 22.3 Å². The highest BCUT2D eigenvalue weighted by Gasteiger charge is 2.33. The summed E-state index contributed by atoms with van der Waals surface area (Å²) >= 11 is 5.92. The molecule has 21 heavy (non-hydrogen) atoms. The molecule has 110 valence electrons. The fourth-order valence-electron chi connectivity index (χ4n) is 2.40. The third-order valence-electron chi connectivity index (χ3n) is 3.73. The van der Waals surface area contributed by atoms with Crippen molar-refractivity contribution in [3.8, 4) is 0 Å². The number of halogens is 1. The van der Waals surface area contributed by atoms with Crippen LogP contribution in [0.3, 0.4) is 0 Å². The van der Waals surface area contributed by atoms with Crippen molar-refractivity contribution in [2.24, 2.45) is 11.7 Å². The molecule has 1 aliphatic rings. The minimum absolute atomic E-state index is 0.0194. The third kappa shape index (κ3) is 3.28. The van der Waals surface area contributed by atoms with E-state index in [9.17, 15) is 4.79 Å². The number of rotatable bonds is 5. The lowest BCUT2D eigenvalue weighted by molar-refractivity contribution is 0.0931. The van der Waals surface area contributed by atoms with Crippen molar-refractivity contribution >= 4 is 17.5 Å². The molecule has 1 aromatic carbocycles. The molecule has 0 bridgehead atoms. The molecule has 1 atom stereocenters. The minimum Gasteiger partial charge on any atom is -0.467 e. The summed E-state index contributed by atoms with van der Waals surface area (Å²) in [4.78, 5) is 12.3. The maximum absolute atomic E-state index is 12.3. The van der Waals surface area contributed by atoms with Crippen molar-refractivity contribution in [2.45, 2.75) is 25.4 Å². The second-order valence-corrected chi connectivity index (χ2v) is 5.78. The Kier molecular flexibility index (Phi) is 3.99. The first-order valence-electron chi connectivity index (χ1n) is 7.01. The Morgan fingerprint density at radius 3 is 2.67 bits per heavy atom. The monoisotopic (exact) mass is 304 g/mol. The molecule has 1 fully saturated rings. The van der Waals surface area contributed by atoms with Crippen LogP contribution in [0, 0.1) is 5.92 Å². The molecule has 0 radical (unpaired) electrons. The molecule has 1 unspecified atom stereocenters. The number of amides is 1.